The number of carbonyl (C=O) groups excluding carboxylic acids is 2. The van der Waals surface area contributed by atoms with Crippen LogP contribution in [-0.2, 0) is 11.2 Å². The molecule has 2 aliphatic heterocycles. The summed E-state index contributed by atoms with van der Waals surface area (Å²) in [6.45, 7) is 3.23. The van der Waals surface area contributed by atoms with E-state index in [2.05, 4.69) is 32.5 Å². The number of amides is 2. The molecule has 2 aromatic rings. The number of likely N-dealkylation sites (tertiary alicyclic amines) is 1. The molecule has 1 saturated carbocycles. The number of piperidine rings is 1. The van der Waals surface area contributed by atoms with Gasteiger partial charge < -0.3 is 25.3 Å². The Hall–Kier alpha value is -3.34. The molecular weight excluding hydrogens is 504 g/mol. The Balaban J connectivity index is 1.39. The zero-order valence-electron chi connectivity index (χ0n) is 22.8. The van der Waals surface area contributed by atoms with E-state index in [0.717, 1.165) is 67.8 Å². The average molecular weight is 542 g/mol. The number of aryl methyl sites for hydroxylation is 1. The van der Waals surface area contributed by atoms with Crippen LogP contribution in [0.1, 0.15) is 61.4 Å². The predicted octanol–water partition coefficient (Wildman–Crippen LogP) is 3.97. The number of hydrogen-bond donors (Lipinski definition) is 2. The van der Waals surface area contributed by atoms with Gasteiger partial charge in [0.25, 0.3) is 11.8 Å². The van der Waals surface area contributed by atoms with Crippen molar-refractivity contribution in [2.75, 3.05) is 48.8 Å². The summed E-state index contributed by atoms with van der Waals surface area (Å²) in [6, 6.07) is 5.53. The van der Waals surface area contributed by atoms with Crippen LogP contribution in [0.2, 0.25) is 0 Å². The second-order valence-electron chi connectivity index (χ2n) is 10.9. The number of fused-ring (bicyclic) bond motifs is 1. The fourth-order valence-corrected chi connectivity index (χ4v) is 5.80. The monoisotopic (exact) mass is 541 g/mol. The number of nitrogens with zero attached hydrogens (tertiary/aromatic N) is 5. The fraction of sp³-hybridized carbons (Fsp3) is 0.571. The molecule has 3 heterocycles. The number of carbonyl (C=O) groups is 2. The van der Waals surface area contributed by atoms with Crippen LogP contribution >= 0.6 is 0 Å². The quantitative estimate of drug-likeness (QED) is 0.572. The highest BCUT2D eigenvalue weighted by molar-refractivity contribution is 6.02. The van der Waals surface area contributed by atoms with Crippen molar-refractivity contribution in [3.63, 3.8) is 0 Å². The highest BCUT2D eigenvalue weighted by Gasteiger charge is 2.48. The van der Waals surface area contributed by atoms with Gasteiger partial charge in [-0.15, -0.1) is 0 Å². The van der Waals surface area contributed by atoms with E-state index < -0.39 is 18.4 Å². The lowest BCUT2D eigenvalue weighted by Gasteiger charge is -2.31. The SMILES string of the molecule is CCc1cc(C(=O)NC2CCN(C)CC2)ccc1Nc1ncc2c(n1)N(C1CCCC1)CC(F)(F)C(=O)N2C. The molecule has 39 heavy (non-hydrogen) atoms. The molecule has 0 atom stereocenters. The Morgan fingerprint density at radius 3 is 2.54 bits per heavy atom. The number of aromatic nitrogens is 2. The van der Waals surface area contributed by atoms with Gasteiger partial charge in [0, 0.05) is 30.4 Å². The van der Waals surface area contributed by atoms with Crippen molar-refractivity contribution in [2.45, 2.75) is 69.9 Å². The molecule has 0 radical (unpaired) electrons. The van der Waals surface area contributed by atoms with E-state index in [1.807, 2.05) is 19.1 Å². The largest absolute Gasteiger partial charge is 0.349 e. The number of rotatable bonds is 6. The van der Waals surface area contributed by atoms with E-state index >= 15 is 0 Å². The van der Waals surface area contributed by atoms with Crippen LogP contribution < -0.4 is 20.4 Å². The molecule has 2 fully saturated rings. The first-order valence-corrected chi connectivity index (χ1v) is 13.8. The summed E-state index contributed by atoms with van der Waals surface area (Å²) in [5.74, 6) is -4.28. The lowest BCUT2D eigenvalue weighted by atomic mass is 10.0. The Kier molecular flexibility index (Phi) is 7.70. The van der Waals surface area contributed by atoms with Crippen LogP contribution in [0.3, 0.4) is 0 Å². The van der Waals surface area contributed by atoms with Gasteiger partial charge in [0.05, 0.1) is 12.7 Å². The standard InChI is InChI=1S/C28H37F2N7O2/c1-4-18-15-19(25(38)32-20-11-13-35(2)14-12-20)9-10-22(18)33-27-31-16-23-24(34-27)37(21-7-5-6-8-21)17-28(29,30)26(39)36(23)3/h9-10,15-16,20-21H,4-8,11-14,17H2,1-3H3,(H,32,38)(H,31,33,34). The van der Waals surface area contributed by atoms with Gasteiger partial charge in [0.2, 0.25) is 5.95 Å². The fourth-order valence-electron chi connectivity index (χ4n) is 5.80. The zero-order chi connectivity index (χ0) is 27.7. The molecule has 210 valence electrons. The molecule has 1 saturated heterocycles. The summed E-state index contributed by atoms with van der Waals surface area (Å²) in [5, 5.41) is 6.38. The summed E-state index contributed by atoms with van der Waals surface area (Å²) >= 11 is 0. The number of halogens is 2. The van der Waals surface area contributed by atoms with E-state index in [4.69, 9.17) is 0 Å². The van der Waals surface area contributed by atoms with Gasteiger partial charge in [0.1, 0.15) is 5.69 Å². The zero-order valence-corrected chi connectivity index (χ0v) is 22.8. The maximum atomic E-state index is 14.9. The summed E-state index contributed by atoms with van der Waals surface area (Å²) in [5.41, 5.74) is 2.51. The first-order valence-electron chi connectivity index (χ1n) is 13.8. The number of benzene rings is 1. The molecular formula is C28H37F2N7O2. The van der Waals surface area contributed by atoms with Crippen LogP contribution in [0.5, 0.6) is 0 Å². The van der Waals surface area contributed by atoms with E-state index in [1.54, 1.807) is 11.0 Å². The maximum absolute atomic E-state index is 14.9. The number of anilines is 4. The molecule has 5 rings (SSSR count). The molecule has 9 nitrogen and oxygen atoms in total. The van der Waals surface area contributed by atoms with E-state index in [0.29, 0.717) is 17.8 Å². The first kappa shape index (κ1) is 27.2. The van der Waals surface area contributed by atoms with E-state index in [9.17, 15) is 18.4 Å². The Morgan fingerprint density at radius 1 is 1.13 bits per heavy atom. The highest BCUT2D eigenvalue weighted by Crippen LogP contribution is 2.39. The molecule has 0 bridgehead atoms. The van der Waals surface area contributed by atoms with Gasteiger partial charge >= 0.3 is 5.92 Å². The van der Waals surface area contributed by atoms with Crippen LogP contribution in [0.25, 0.3) is 0 Å². The summed E-state index contributed by atoms with van der Waals surface area (Å²) < 4.78 is 29.7. The topological polar surface area (TPSA) is 93.7 Å². The number of nitrogens with one attached hydrogen (secondary N) is 2. The van der Waals surface area contributed by atoms with Crippen LogP contribution in [0.15, 0.2) is 24.4 Å². The molecule has 1 aliphatic carbocycles. The van der Waals surface area contributed by atoms with Crippen molar-refractivity contribution in [1.82, 2.24) is 20.2 Å². The van der Waals surface area contributed by atoms with Crippen LogP contribution in [-0.4, -0.2) is 78.4 Å². The Morgan fingerprint density at radius 2 is 1.85 bits per heavy atom. The van der Waals surface area contributed by atoms with Crippen molar-refractivity contribution in [3.8, 4) is 0 Å². The van der Waals surface area contributed by atoms with Gasteiger partial charge in [-0.05, 0) is 76.0 Å². The molecule has 1 aromatic heterocycles. The third kappa shape index (κ3) is 5.68. The molecule has 1 aromatic carbocycles. The second kappa shape index (κ2) is 11.0. The van der Waals surface area contributed by atoms with Crippen molar-refractivity contribution < 1.29 is 18.4 Å². The van der Waals surface area contributed by atoms with Crippen molar-refractivity contribution in [1.29, 1.82) is 0 Å². The van der Waals surface area contributed by atoms with Gasteiger partial charge in [0.15, 0.2) is 5.82 Å². The lowest BCUT2D eigenvalue weighted by molar-refractivity contribution is -0.140. The molecule has 0 spiro atoms. The Bertz CT molecular complexity index is 1230. The van der Waals surface area contributed by atoms with Crippen molar-refractivity contribution in [2.24, 2.45) is 0 Å². The summed E-state index contributed by atoms with van der Waals surface area (Å²) in [7, 11) is 3.43. The average Bonchev–Trinajstić information content (AvgIpc) is 3.45. The second-order valence-corrected chi connectivity index (χ2v) is 10.9. The third-order valence-electron chi connectivity index (χ3n) is 8.18. The van der Waals surface area contributed by atoms with E-state index in [1.165, 1.54) is 13.2 Å². The summed E-state index contributed by atoms with van der Waals surface area (Å²) in [4.78, 5) is 39.3. The third-order valence-corrected chi connectivity index (χ3v) is 8.18. The van der Waals surface area contributed by atoms with E-state index in [-0.39, 0.29) is 29.6 Å². The molecule has 2 amide bonds. The minimum absolute atomic E-state index is 0.0899. The predicted molar refractivity (Wildman–Crippen MR) is 147 cm³/mol. The van der Waals surface area contributed by atoms with Crippen LogP contribution in [0, 0.1) is 0 Å². The van der Waals surface area contributed by atoms with Crippen LogP contribution in [0.4, 0.5) is 31.9 Å². The maximum Gasteiger partial charge on any atom is 0.342 e. The minimum Gasteiger partial charge on any atom is -0.349 e. The summed E-state index contributed by atoms with van der Waals surface area (Å²) in [6.07, 6.45) is 7.44. The van der Waals surface area contributed by atoms with Gasteiger partial charge in [-0.3, -0.25) is 9.59 Å². The number of hydrogen-bond acceptors (Lipinski definition) is 7. The number of alkyl halides is 2. The molecule has 3 aliphatic rings. The normalized spacial score (nSPS) is 20.6. The van der Waals surface area contributed by atoms with Crippen molar-refractivity contribution >= 4 is 35.0 Å². The molecule has 11 heteroatoms. The lowest BCUT2D eigenvalue weighted by Crippen LogP contribution is -2.48. The van der Waals surface area contributed by atoms with Crippen molar-refractivity contribution in [3.05, 3.63) is 35.5 Å². The first-order chi connectivity index (χ1) is 18.7. The minimum atomic E-state index is -3.52. The molecule has 2 N–H and O–H groups in total. The smallest absolute Gasteiger partial charge is 0.342 e. The van der Waals surface area contributed by atoms with Gasteiger partial charge in [-0.25, -0.2) is 4.98 Å². The Labute approximate surface area is 228 Å². The van der Waals surface area contributed by atoms with Gasteiger partial charge in [-0.2, -0.15) is 13.8 Å². The highest BCUT2D eigenvalue weighted by atomic mass is 19.3. The van der Waals surface area contributed by atoms with Gasteiger partial charge in [-0.1, -0.05) is 19.8 Å². The molecule has 0 unspecified atom stereocenters.